The summed E-state index contributed by atoms with van der Waals surface area (Å²) >= 11 is 0. The number of nitrogens with one attached hydrogen (secondary N) is 1. The maximum atomic E-state index is 10.8. The van der Waals surface area contributed by atoms with Crippen LogP contribution in [0.2, 0.25) is 0 Å². The summed E-state index contributed by atoms with van der Waals surface area (Å²) in [5, 5.41) is 2.62. The Kier molecular flexibility index (Phi) is 1.99. The van der Waals surface area contributed by atoms with Crippen molar-refractivity contribution >= 4 is 13.8 Å². The Morgan fingerprint density at radius 2 is 2.36 bits per heavy atom. The molecule has 1 amide bonds. The molecule has 1 aliphatic rings. The van der Waals surface area contributed by atoms with E-state index in [-0.39, 0.29) is 5.91 Å². The topological polar surface area (TPSA) is 29.1 Å². The smallest absolute Gasteiger partial charge is 0.228 e. The number of carbonyl (C=O) groups is 1. The van der Waals surface area contributed by atoms with Crippen molar-refractivity contribution < 1.29 is 4.79 Å². The zero-order chi connectivity index (χ0) is 8.43. The summed E-state index contributed by atoms with van der Waals surface area (Å²) in [5.41, 5.74) is 1.87. The van der Waals surface area contributed by atoms with Gasteiger partial charge in [-0.25, -0.2) is 0 Å². The normalized spacial score (nSPS) is 20.5. The van der Waals surface area contributed by atoms with Gasteiger partial charge in [0, 0.05) is 5.70 Å². The van der Waals surface area contributed by atoms with E-state index < -0.39 is 0 Å². The fourth-order valence-corrected chi connectivity index (χ4v) is 0.895. The van der Waals surface area contributed by atoms with E-state index in [2.05, 4.69) is 18.5 Å². The zero-order valence-corrected chi connectivity index (χ0v) is 6.18. The lowest BCUT2D eigenvalue weighted by molar-refractivity contribution is -0.118. The number of hydrogen-bond acceptors (Lipinski definition) is 1. The molecule has 0 aliphatic carbocycles. The average Bonchev–Trinajstić information content (AvgIpc) is 2.09. The summed E-state index contributed by atoms with van der Waals surface area (Å²) in [6.07, 6.45) is 1.96. The average molecular weight is 145 g/mol. The molecule has 1 rings (SSSR count). The van der Waals surface area contributed by atoms with Crippen LogP contribution in [-0.4, -0.2) is 13.8 Å². The molecule has 1 heterocycles. The van der Waals surface area contributed by atoms with Gasteiger partial charge in [0.05, 0.1) is 6.42 Å². The number of hydrogen-bond donors (Lipinski definition) is 1. The van der Waals surface area contributed by atoms with Gasteiger partial charge < -0.3 is 5.32 Å². The summed E-state index contributed by atoms with van der Waals surface area (Å²) in [6.45, 7) is 7.18. The summed E-state index contributed by atoms with van der Waals surface area (Å²) < 4.78 is 0. The van der Waals surface area contributed by atoms with Crippen molar-refractivity contribution in [3.8, 4) is 0 Å². The van der Waals surface area contributed by atoms with E-state index in [0.29, 0.717) is 17.6 Å². The molecule has 1 N–H and O–H groups in total. The molecule has 0 saturated carbocycles. The lowest BCUT2D eigenvalue weighted by Gasteiger charge is -1.96. The largest absolute Gasteiger partial charge is 0.326 e. The molecule has 2 radical (unpaired) electrons. The molecule has 3 heteroatoms. The predicted octanol–water partition coefficient (Wildman–Crippen LogP) is 0.629. The molecule has 0 spiro atoms. The van der Waals surface area contributed by atoms with Crippen molar-refractivity contribution in [2.24, 2.45) is 0 Å². The van der Waals surface area contributed by atoms with Crippen molar-refractivity contribution in [1.82, 2.24) is 5.32 Å². The van der Waals surface area contributed by atoms with Crippen LogP contribution < -0.4 is 5.32 Å². The molecular formula is C8H8BNO. The number of allylic oxidation sites excluding steroid dienone is 3. The van der Waals surface area contributed by atoms with Gasteiger partial charge in [0.25, 0.3) is 0 Å². The van der Waals surface area contributed by atoms with Gasteiger partial charge in [-0.05, 0) is 11.6 Å². The Labute approximate surface area is 67.1 Å². The van der Waals surface area contributed by atoms with Crippen molar-refractivity contribution in [2.45, 2.75) is 6.42 Å². The van der Waals surface area contributed by atoms with Crippen LogP contribution >= 0.6 is 0 Å². The highest BCUT2D eigenvalue weighted by atomic mass is 16.1. The quantitative estimate of drug-likeness (QED) is 0.538. The van der Waals surface area contributed by atoms with Crippen LogP contribution in [0.3, 0.4) is 0 Å². The first-order chi connectivity index (χ1) is 5.09. The maximum absolute atomic E-state index is 10.8. The van der Waals surface area contributed by atoms with Gasteiger partial charge in [-0.1, -0.05) is 6.58 Å². The van der Waals surface area contributed by atoms with Gasteiger partial charge in [0.1, 0.15) is 7.85 Å². The molecule has 54 valence electrons. The molecule has 1 aliphatic heterocycles. The minimum atomic E-state index is -0.0394. The van der Waals surface area contributed by atoms with E-state index in [9.17, 15) is 4.79 Å². The van der Waals surface area contributed by atoms with Gasteiger partial charge in [-0.15, -0.1) is 12.1 Å². The first-order valence-electron chi connectivity index (χ1n) is 3.23. The molecule has 0 atom stereocenters. The molecule has 11 heavy (non-hydrogen) atoms. The third kappa shape index (κ3) is 1.83. The highest BCUT2D eigenvalue weighted by Gasteiger charge is 2.17. The Morgan fingerprint density at radius 1 is 1.73 bits per heavy atom. The number of rotatable bonds is 1. The van der Waals surface area contributed by atoms with Crippen LogP contribution in [0.5, 0.6) is 0 Å². The lowest BCUT2D eigenvalue weighted by Crippen LogP contribution is -2.11. The predicted molar refractivity (Wildman–Crippen MR) is 44.9 cm³/mol. The summed E-state index contributed by atoms with van der Waals surface area (Å²) in [5.74, 6) is -0.0394. The van der Waals surface area contributed by atoms with Crippen LogP contribution in [-0.2, 0) is 4.79 Å². The fraction of sp³-hybridized carbons (Fsp3) is 0.125. The SMILES string of the molecule is [B]C(=C)/C=C1/NC(=O)CC1=C. The first-order valence-corrected chi connectivity index (χ1v) is 3.23. The summed E-state index contributed by atoms with van der Waals surface area (Å²) in [4.78, 5) is 10.8. The second kappa shape index (κ2) is 2.78. The summed E-state index contributed by atoms with van der Waals surface area (Å²) in [7, 11) is 5.32. The molecule has 2 nitrogen and oxygen atoms in total. The minimum absolute atomic E-state index is 0.0394. The van der Waals surface area contributed by atoms with E-state index in [1.807, 2.05) is 0 Å². The highest BCUT2D eigenvalue weighted by Crippen LogP contribution is 2.16. The Balaban J connectivity index is 2.83. The highest BCUT2D eigenvalue weighted by molar-refractivity contribution is 6.23. The Morgan fingerprint density at radius 3 is 2.73 bits per heavy atom. The molecule has 0 unspecified atom stereocenters. The van der Waals surface area contributed by atoms with E-state index in [0.717, 1.165) is 5.57 Å². The summed E-state index contributed by atoms with van der Waals surface area (Å²) in [6, 6.07) is 0. The Bertz CT molecular complexity index is 265. The van der Waals surface area contributed by atoms with E-state index in [4.69, 9.17) is 7.85 Å². The lowest BCUT2D eigenvalue weighted by atomic mass is 9.96. The van der Waals surface area contributed by atoms with Gasteiger partial charge in [0.15, 0.2) is 0 Å². The second-order valence-electron chi connectivity index (χ2n) is 2.46. The van der Waals surface area contributed by atoms with E-state index >= 15 is 0 Å². The van der Waals surface area contributed by atoms with Crippen molar-refractivity contribution in [1.29, 1.82) is 0 Å². The van der Waals surface area contributed by atoms with Crippen LogP contribution in [0.15, 0.2) is 36.0 Å². The second-order valence-corrected chi connectivity index (χ2v) is 2.46. The number of carbonyl (C=O) groups excluding carboxylic acids is 1. The fourth-order valence-electron chi connectivity index (χ4n) is 0.895. The van der Waals surface area contributed by atoms with Crippen LogP contribution in [0, 0.1) is 0 Å². The van der Waals surface area contributed by atoms with Gasteiger partial charge in [-0.2, -0.15) is 0 Å². The third-order valence-electron chi connectivity index (χ3n) is 1.36. The molecule has 0 aromatic heterocycles. The minimum Gasteiger partial charge on any atom is -0.326 e. The Hall–Kier alpha value is -1.25. The van der Waals surface area contributed by atoms with Gasteiger partial charge in [0.2, 0.25) is 5.91 Å². The van der Waals surface area contributed by atoms with Crippen LogP contribution in [0.25, 0.3) is 0 Å². The first kappa shape index (κ1) is 7.86. The van der Waals surface area contributed by atoms with Crippen molar-refractivity contribution in [2.75, 3.05) is 0 Å². The molecule has 0 bridgehead atoms. The zero-order valence-electron chi connectivity index (χ0n) is 6.18. The third-order valence-corrected chi connectivity index (χ3v) is 1.36. The van der Waals surface area contributed by atoms with E-state index in [1.165, 1.54) is 0 Å². The molecule has 0 aromatic rings. The molecule has 1 saturated heterocycles. The van der Waals surface area contributed by atoms with Crippen LogP contribution in [0.4, 0.5) is 0 Å². The van der Waals surface area contributed by atoms with Crippen LogP contribution in [0.1, 0.15) is 6.42 Å². The van der Waals surface area contributed by atoms with Gasteiger partial charge >= 0.3 is 0 Å². The monoisotopic (exact) mass is 145 g/mol. The van der Waals surface area contributed by atoms with Gasteiger partial charge in [-0.3, -0.25) is 4.79 Å². The van der Waals surface area contributed by atoms with Crippen molar-refractivity contribution in [3.63, 3.8) is 0 Å². The van der Waals surface area contributed by atoms with Crippen molar-refractivity contribution in [3.05, 3.63) is 36.0 Å². The maximum Gasteiger partial charge on any atom is 0.228 e. The van der Waals surface area contributed by atoms with E-state index in [1.54, 1.807) is 6.08 Å². The molecular weight excluding hydrogens is 137 g/mol. The number of amides is 1. The standard InChI is InChI=1S/C8H8BNO/c1-5-3-8(11)10-7(5)4-6(2)9/h4H,1-3H2,(H,10,11)/b7-4+. The molecule has 1 fully saturated rings. The molecule has 0 aromatic carbocycles.